The van der Waals surface area contributed by atoms with Gasteiger partial charge in [0.05, 0.1) is 0 Å². The highest BCUT2D eigenvalue weighted by atomic mass is 35.5. The minimum absolute atomic E-state index is 0.133. The number of carbonyl (C=O) groups excluding carboxylic acids is 1. The third-order valence-electron chi connectivity index (χ3n) is 3.73. The molecular weight excluding hydrogens is 265 g/mol. The van der Waals surface area contributed by atoms with Crippen molar-refractivity contribution < 1.29 is 9.18 Å². The molecule has 1 aliphatic heterocycles. The first kappa shape index (κ1) is 14.3. The van der Waals surface area contributed by atoms with Crippen molar-refractivity contribution in [2.75, 3.05) is 4.90 Å². The maximum atomic E-state index is 13.4. The third-order valence-corrected chi connectivity index (χ3v) is 3.92. The molecule has 2 atom stereocenters. The van der Waals surface area contributed by atoms with E-state index in [1.54, 1.807) is 17.9 Å². The molecule has 1 heterocycles. The first-order chi connectivity index (χ1) is 8.74. The summed E-state index contributed by atoms with van der Waals surface area (Å²) in [5.41, 5.74) is 1.34. The van der Waals surface area contributed by atoms with Crippen LogP contribution in [0, 0.1) is 5.82 Å². The molecule has 0 saturated heterocycles. The van der Waals surface area contributed by atoms with Crippen LogP contribution in [-0.4, -0.2) is 16.8 Å². The lowest BCUT2D eigenvalue weighted by Crippen LogP contribution is -2.53. The smallest absolute Gasteiger partial charge is 0.245 e. The van der Waals surface area contributed by atoms with Crippen LogP contribution in [0.2, 0.25) is 0 Å². The lowest BCUT2D eigenvalue weighted by atomic mass is 9.80. The minimum Gasteiger partial charge on any atom is -0.305 e. The van der Waals surface area contributed by atoms with Gasteiger partial charge < -0.3 is 4.90 Å². The van der Waals surface area contributed by atoms with Gasteiger partial charge in [-0.25, -0.2) is 4.39 Å². The minimum atomic E-state index is -0.592. The summed E-state index contributed by atoms with van der Waals surface area (Å²) < 4.78 is 13.4. The van der Waals surface area contributed by atoms with Gasteiger partial charge in [-0.2, -0.15) is 0 Å². The van der Waals surface area contributed by atoms with Gasteiger partial charge in [-0.05, 0) is 56.9 Å². The van der Waals surface area contributed by atoms with Crippen LogP contribution in [0.3, 0.4) is 0 Å². The van der Waals surface area contributed by atoms with Crippen LogP contribution < -0.4 is 4.90 Å². The number of amides is 1. The molecule has 0 aromatic heterocycles. The zero-order valence-electron chi connectivity index (χ0n) is 11.7. The van der Waals surface area contributed by atoms with Crippen molar-refractivity contribution >= 4 is 23.2 Å². The van der Waals surface area contributed by atoms with Crippen LogP contribution in [0.15, 0.2) is 18.2 Å². The Hall–Kier alpha value is -1.09. The lowest BCUT2D eigenvalue weighted by molar-refractivity contribution is -0.119. The van der Waals surface area contributed by atoms with E-state index in [9.17, 15) is 9.18 Å². The number of anilines is 1. The molecule has 0 fully saturated rings. The molecule has 4 heteroatoms. The summed E-state index contributed by atoms with van der Waals surface area (Å²) in [4.78, 5) is 14.1. The average molecular weight is 284 g/mol. The monoisotopic (exact) mass is 283 g/mol. The first-order valence-corrected chi connectivity index (χ1v) is 6.95. The van der Waals surface area contributed by atoms with Gasteiger partial charge in [-0.1, -0.05) is 6.92 Å². The zero-order chi connectivity index (χ0) is 14.4. The fraction of sp³-hybridized carbons (Fsp3) is 0.533. The second-order valence-corrected chi connectivity index (χ2v) is 6.57. The Morgan fingerprint density at radius 3 is 2.74 bits per heavy atom. The van der Waals surface area contributed by atoms with Crippen LogP contribution in [0.5, 0.6) is 0 Å². The molecule has 1 amide bonds. The predicted octanol–water partition coefficient (Wildman–Crippen LogP) is 4.07. The molecule has 0 aliphatic carbocycles. The number of nitrogens with zero attached hydrogens (tertiary/aromatic N) is 1. The first-order valence-electron chi connectivity index (χ1n) is 6.51. The van der Waals surface area contributed by atoms with Gasteiger partial charge in [-0.3, -0.25) is 4.79 Å². The molecule has 1 aliphatic rings. The molecular formula is C15H19ClFNO. The molecule has 0 unspecified atom stereocenters. The number of carbonyl (C=O) groups is 1. The Kier molecular flexibility index (Phi) is 3.61. The number of hydrogen-bond donors (Lipinski definition) is 0. The lowest BCUT2D eigenvalue weighted by Gasteiger charge is -2.46. The Morgan fingerprint density at radius 1 is 1.53 bits per heavy atom. The molecule has 0 bridgehead atoms. The maximum absolute atomic E-state index is 13.4. The van der Waals surface area contributed by atoms with Crippen molar-refractivity contribution in [2.24, 2.45) is 0 Å². The van der Waals surface area contributed by atoms with Gasteiger partial charge in [0.2, 0.25) is 5.91 Å². The summed E-state index contributed by atoms with van der Waals surface area (Å²) >= 11 is 5.96. The van der Waals surface area contributed by atoms with Gasteiger partial charge in [0, 0.05) is 11.2 Å². The van der Waals surface area contributed by atoms with Gasteiger partial charge in [0.25, 0.3) is 0 Å². The van der Waals surface area contributed by atoms with Gasteiger partial charge >= 0.3 is 0 Å². The molecule has 2 nitrogen and oxygen atoms in total. The van der Waals surface area contributed by atoms with Crippen LogP contribution in [-0.2, 0) is 4.79 Å². The standard InChI is InChI=1S/C15H19ClFNO/c1-9-8-15(3,4)18(14(19)10(2)16)13-6-5-11(17)7-12(9)13/h5-7,9-10H,8H2,1-4H3/t9-,10+/m0/s1. The number of halogens is 2. The van der Waals surface area contributed by atoms with Crippen LogP contribution in [0.25, 0.3) is 0 Å². The van der Waals surface area contributed by atoms with Crippen molar-refractivity contribution in [1.29, 1.82) is 0 Å². The fourth-order valence-electron chi connectivity index (χ4n) is 3.00. The molecule has 104 valence electrons. The molecule has 0 saturated carbocycles. The summed E-state index contributed by atoms with van der Waals surface area (Å²) in [6.07, 6.45) is 0.790. The Bertz CT molecular complexity index is 513. The average Bonchev–Trinajstić information content (AvgIpc) is 2.28. The summed E-state index contributed by atoms with van der Waals surface area (Å²) in [7, 11) is 0. The molecule has 0 N–H and O–H groups in total. The molecule has 1 aromatic carbocycles. The molecule has 1 aromatic rings. The van der Waals surface area contributed by atoms with E-state index in [2.05, 4.69) is 6.92 Å². The van der Waals surface area contributed by atoms with E-state index in [1.807, 2.05) is 13.8 Å². The molecule has 0 radical (unpaired) electrons. The number of fused-ring (bicyclic) bond motifs is 1. The van der Waals surface area contributed by atoms with E-state index < -0.39 is 5.38 Å². The maximum Gasteiger partial charge on any atom is 0.245 e. The quantitative estimate of drug-likeness (QED) is 0.712. The number of hydrogen-bond acceptors (Lipinski definition) is 1. The summed E-state index contributed by atoms with van der Waals surface area (Å²) in [6, 6.07) is 4.60. The molecule has 2 rings (SSSR count). The summed E-state index contributed by atoms with van der Waals surface area (Å²) in [5, 5.41) is -0.592. The van der Waals surface area contributed by atoms with E-state index in [0.717, 1.165) is 17.7 Å². The predicted molar refractivity (Wildman–Crippen MR) is 76.3 cm³/mol. The summed E-state index contributed by atoms with van der Waals surface area (Å²) in [6.45, 7) is 7.77. The largest absolute Gasteiger partial charge is 0.305 e. The van der Waals surface area contributed by atoms with E-state index in [0.29, 0.717) is 0 Å². The van der Waals surface area contributed by atoms with Gasteiger partial charge in [0.1, 0.15) is 11.2 Å². The topological polar surface area (TPSA) is 20.3 Å². The number of benzene rings is 1. The Morgan fingerprint density at radius 2 is 2.16 bits per heavy atom. The third kappa shape index (κ3) is 2.48. The van der Waals surface area contributed by atoms with Crippen LogP contribution in [0.1, 0.15) is 45.6 Å². The highest BCUT2D eigenvalue weighted by Crippen LogP contribution is 2.43. The van der Waals surface area contributed by atoms with Crippen LogP contribution in [0.4, 0.5) is 10.1 Å². The van der Waals surface area contributed by atoms with E-state index in [1.165, 1.54) is 12.1 Å². The van der Waals surface area contributed by atoms with Gasteiger partial charge in [0.15, 0.2) is 0 Å². The molecule has 0 spiro atoms. The summed E-state index contributed by atoms with van der Waals surface area (Å²) in [5.74, 6) is -0.182. The van der Waals surface area contributed by atoms with E-state index in [4.69, 9.17) is 11.6 Å². The van der Waals surface area contributed by atoms with Gasteiger partial charge in [-0.15, -0.1) is 11.6 Å². The second-order valence-electron chi connectivity index (χ2n) is 5.91. The van der Waals surface area contributed by atoms with Crippen molar-refractivity contribution in [1.82, 2.24) is 0 Å². The zero-order valence-corrected chi connectivity index (χ0v) is 12.5. The van der Waals surface area contributed by atoms with Crippen molar-refractivity contribution in [3.05, 3.63) is 29.6 Å². The Labute approximate surface area is 118 Å². The Balaban J connectivity index is 2.58. The number of alkyl halides is 1. The van der Waals surface area contributed by atoms with Crippen molar-refractivity contribution in [2.45, 2.75) is 50.9 Å². The van der Waals surface area contributed by atoms with E-state index in [-0.39, 0.29) is 23.2 Å². The second kappa shape index (κ2) is 4.78. The fourth-order valence-corrected chi connectivity index (χ4v) is 3.09. The highest BCUT2D eigenvalue weighted by Gasteiger charge is 2.40. The molecule has 19 heavy (non-hydrogen) atoms. The van der Waals surface area contributed by atoms with Crippen LogP contribution >= 0.6 is 11.6 Å². The van der Waals surface area contributed by atoms with E-state index >= 15 is 0 Å². The SMILES string of the molecule is C[C@@H](Cl)C(=O)N1c2ccc(F)cc2[C@@H](C)CC1(C)C. The highest BCUT2D eigenvalue weighted by molar-refractivity contribution is 6.32. The van der Waals surface area contributed by atoms with Crippen molar-refractivity contribution in [3.63, 3.8) is 0 Å². The number of rotatable bonds is 1. The van der Waals surface area contributed by atoms with Crippen molar-refractivity contribution in [3.8, 4) is 0 Å². The normalized spacial score (nSPS) is 22.8.